The number of amides is 2. The monoisotopic (exact) mass is 326 g/mol. The Morgan fingerprint density at radius 3 is 2.74 bits per heavy atom. The number of benzene rings is 1. The van der Waals surface area contributed by atoms with E-state index in [9.17, 15) is 9.59 Å². The van der Waals surface area contributed by atoms with Crippen LogP contribution in [0.3, 0.4) is 0 Å². The Bertz CT molecular complexity index is 513. The molecule has 19 heavy (non-hydrogen) atoms. The van der Waals surface area contributed by atoms with Gasteiger partial charge in [0.1, 0.15) is 0 Å². The highest BCUT2D eigenvalue weighted by atomic mass is 79.9. The number of nitrogens with zero attached hydrogens (tertiary/aromatic N) is 1. The lowest BCUT2D eigenvalue weighted by molar-refractivity contribution is -0.139. The maximum Gasteiger partial charge on any atom is 0.321 e. The Hall–Kier alpha value is -1.56. The molecule has 0 saturated carbocycles. The van der Waals surface area contributed by atoms with Crippen LogP contribution in [0.15, 0.2) is 22.7 Å². The van der Waals surface area contributed by atoms with E-state index in [-0.39, 0.29) is 18.4 Å². The standard InChI is InChI=1S/C13H15BrN2O3/c1-8-2-3-11(10(14)4-8)15-13(19)16-6-9(7-16)5-12(17)18/h2-4,9H,5-7H2,1H3,(H,15,19)(H,17,18). The van der Waals surface area contributed by atoms with Crippen LogP contribution < -0.4 is 5.32 Å². The summed E-state index contributed by atoms with van der Waals surface area (Å²) in [5, 5.41) is 11.5. The van der Waals surface area contributed by atoms with Crippen molar-refractivity contribution < 1.29 is 14.7 Å². The van der Waals surface area contributed by atoms with Crippen LogP contribution in [0.25, 0.3) is 0 Å². The van der Waals surface area contributed by atoms with Gasteiger partial charge in [0, 0.05) is 23.5 Å². The number of aryl methyl sites for hydroxylation is 1. The first-order valence-corrected chi connectivity index (χ1v) is 6.79. The van der Waals surface area contributed by atoms with Crippen molar-refractivity contribution in [2.24, 2.45) is 5.92 Å². The average Bonchev–Trinajstić information content (AvgIpc) is 2.26. The highest BCUT2D eigenvalue weighted by Gasteiger charge is 2.32. The number of rotatable bonds is 3. The van der Waals surface area contributed by atoms with Crippen LogP contribution in [0, 0.1) is 12.8 Å². The third-order valence-electron chi connectivity index (χ3n) is 3.07. The second kappa shape index (κ2) is 5.61. The molecule has 0 atom stereocenters. The Morgan fingerprint density at radius 2 is 2.16 bits per heavy atom. The van der Waals surface area contributed by atoms with Crippen LogP contribution in [0.2, 0.25) is 0 Å². The van der Waals surface area contributed by atoms with Gasteiger partial charge in [0.2, 0.25) is 0 Å². The lowest BCUT2D eigenvalue weighted by atomic mass is 9.97. The van der Waals surface area contributed by atoms with Crippen LogP contribution in [0.4, 0.5) is 10.5 Å². The van der Waals surface area contributed by atoms with Gasteiger partial charge in [-0.2, -0.15) is 0 Å². The topological polar surface area (TPSA) is 69.6 Å². The maximum atomic E-state index is 11.9. The third kappa shape index (κ3) is 3.47. The van der Waals surface area contributed by atoms with E-state index >= 15 is 0 Å². The third-order valence-corrected chi connectivity index (χ3v) is 3.73. The number of anilines is 1. The summed E-state index contributed by atoms with van der Waals surface area (Å²) in [5.74, 6) is -0.740. The molecule has 0 bridgehead atoms. The first-order valence-electron chi connectivity index (χ1n) is 5.99. The minimum absolute atomic E-state index is 0.0738. The maximum absolute atomic E-state index is 11.9. The average molecular weight is 327 g/mol. The molecule has 0 radical (unpaired) electrons. The zero-order chi connectivity index (χ0) is 14.0. The summed E-state index contributed by atoms with van der Waals surface area (Å²) >= 11 is 3.40. The Balaban J connectivity index is 1.87. The highest BCUT2D eigenvalue weighted by molar-refractivity contribution is 9.10. The second-order valence-electron chi connectivity index (χ2n) is 4.78. The number of urea groups is 1. The van der Waals surface area contributed by atoms with E-state index < -0.39 is 5.97 Å². The molecular weight excluding hydrogens is 312 g/mol. The summed E-state index contributed by atoms with van der Waals surface area (Å²) in [6, 6.07) is 5.50. The van der Waals surface area contributed by atoms with E-state index in [2.05, 4.69) is 21.2 Å². The van der Waals surface area contributed by atoms with Gasteiger partial charge in [-0.25, -0.2) is 4.79 Å². The van der Waals surface area contributed by atoms with E-state index in [1.165, 1.54) is 0 Å². The molecule has 5 nitrogen and oxygen atoms in total. The summed E-state index contributed by atoms with van der Waals surface area (Å²) in [6.07, 6.45) is 0.123. The van der Waals surface area contributed by atoms with Gasteiger partial charge in [-0.05, 0) is 40.5 Å². The molecule has 0 spiro atoms. The number of hydrogen-bond acceptors (Lipinski definition) is 2. The summed E-state index contributed by atoms with van der Waals surface area (Å²) in [5.41, 5.74) is 1.83. The van der Waals surface area contributed by atoms with Gasteiger partial charge in [0.25, 0.3) is 0 Å². The predicted octanol–water partition coefficient (Wildman–Crippen LogP) is 2.70. The minimum Gasteiger partial charge on any atom is -0.481 e. The smallest absolute Gasteiger partial charge is 0.321 e. The first kappa shape index (κ1) is 13.9. The Labute approximate surface area is 119 Å². The summed E-state index contributed by atoms with van der Waals surface area (Å²) < 4.78 is 0.837. The van der Waals surface area contributed by atoms with Crippen LogP contribution in [-0.4, -0.2) is 35.1 Å². The molecular formula is C13H15BrN2O3. The first-order chi connectivity index (χ1) is 8.95. The van der Waals surface area contributed by atoms with E-state index in [1.807, 2.05) is 25.1 Å². The molecule has 0 aliphatic carbocycles. The molecule has 6 heteroatoms. The van der Waals surface area contributed by atoms with Crippen LogP contribution in [-0.2, 0) is 4.79 Å². The second-order valence-corrected chi connectivity index (χ2v) is 5.64. The number of carboxylic acids is 1. The highest BCUT2D eigenvalue weighted by Crippen LogP contribution is 2.25. The molecule has 0 aromatic heterocycles. The minimum atomic E-state index is -0.814. The molecule has 1 fully saturated rings. The van der Waals surface area contributed by atoms with Crippen molar-refractivity contribution in [2.75, 3.05) is 18.4 Å². The number of likely N-dealkylation sites (tertiary alicyclic amines) is 1. The molecule has 1 aliphatic heterocycles. The van der Waals surface area contributed by atoms with Gasteiger partial charge in [0.15, 0.2) is 0 Å². The van der Waals surface area contributed by atoms with Gasteiger partial charge in [-0.15, -0.1) is 0 Å². The van der Waals surface area contributed by atoms with Crippen molar-refractivity contribution in [3.8, 4) is 0 Å². The molecule has 102 valence electrons. The molecule has 1 heterocycles. The van der Waals surface area contributed by atoms with Crippen molar-refractivity contribution in [3.63, 3.8) is 0 Å². The normalized spacial score (nSPS) is 14.9. The van der Waals surface area contributed by atoms with Gasteiger partial charge in [0.05, 0.1) is 12.1 Å². The Kier molecular flexibility index (Phi) is 4.09. The number of aliphatic carboxylic acids is 1. The van der Waals surface area contributed by atoms with Gasteiger partial charge < -0.3 is 15.3 Å². The largest absolute Gasteiger partial charge is 0.481 e. The van der Waals surface area contributed by atoms with Gasteiger partial charge in [-0.3, -0.25) is 4.79 Å². The zero-order valence-corrected chi connectivity index (χ0v) is 12.1. The van der Waals surface area contributed by atoms with E-state index in [0.29, 0.717) is 13.1 Å². The van der Waals surface area contributed by atoms with Gasteiger partial charge >= 0.3 is 12.0 Å². The van der Waals surface area contributed by atoms with E-state index in [0.717, 1.165) is 15.7 Å². The molecule has 1 aliphatic rings. The molecule has 1 aromatic rings. The number of halogens is 1. The van der Waals surface area contributed by atoms with Crippen LogP contribution >= 0.6 is 15.9 Å². The lowest BCUT2D eigenvalue weighted by Gasteiger charge is -2.38. The van der Waals surface area contributed by atoms with Crippen molar-refractivity contribution in [1.82, 2.24) is 4.90 Å². The fraction of sp³-hybridized carbons (Fsp3) is 0.385. The fourth-order valence-corrected chi connectivity index (χ4v) is 2.62. The van der Waals surface area contributed by atoms with Gasteiger partial charge in [-0.1, -0.05) is 6.07 Å². The summed E-state index contributed by atoms with van der Waals surface area (Å²) in [7, 11) is 0. The van der Waals surface area contributed by atoms with Crippen molar-refractivity contribution in [3.05, 3.63) is 28.2 Å². The quantitative estimate of drug-likeness (QED) is 0.897. The molecule has 2 N–H and O–H groups in total. The molecule has 2 amide bonds. The lowest BCUT2D eigenvalue weighted by Crippen LogP contribution is -2.52. The molecule has 0 unspecified atom stereocenters. The number of nitrogens with one attached hydrogen (secondary N) is 1. The SMILES string of the molecule is Cc1ccc(NC(=O)N2CC(CC(=O)O)C2)c(Br)c1. The molecule has 1 saturated heterocycles. The van der Waals surface area contributed by atoms with Crippen LogP contribution in [0.1, 0.15) is 12.0 Å². The van der Waals surface area contributed by atoms with Crippen molar-refractivity contribution >= 4 is 33.6 Å². The summed E-state index contributed by atoms with van der Waals surface area (Å²) in [6.45, 7) is 2.98. The summed E-state index contributed by atoms with van der Waals surface area (Å²) in [4.78, 5) is 24.0. The zero-order valence-electron chi connectivity index (χ0n) is 10.5. The number of hydrogen-bond donors (Lipinski definition) is 2. The fourth-order valence-electron chi connectivity index (χ4n) is 2.03. The van der Waals surface area contributed by atoms with Crippen molar-refractivity contribution in [2.45, 2.75) is 13.3 Å². The number of carbonyl (C=O) groups is 2. The van der Waals surface area contributed by atoms with E-state index in [1.54, 1.807) is 4.90 Å². The number of carboxylic acid groups (broad SMARTS) is 1. The molecule has 1 aromatic carbocycles. The predicted molar refractivity (Wildman–Crippen MR) is 75.2 cm³/mol. The Morgan fingerprint density at radius 1 is 1.47 bits per heavy atom. The van der Waals surface area contributed by atoms with Crippen molar-refractivity contribution in [1.29, 1.82) is 0 Å². The van der Waals surface area contributed by atoms with E-state index in [4.69, 9.17) is 5.11 Å². The van der Waals surface area contributed by atoms with Crippen LogP contribution in [0.5, 0.6) is 0 Å². The number of carbonyl (C=O) groups excluding carboxylic acids is 1. The molecule has 2 rings (SSSR count).